The second-order valence-electron chi connectivity index (χ2n) is 5.10. The molecular weight excluding hydrogens is 300 g/mol. The molecule has 116 valence electrons. The van der Waals surface area contributed by atoms with Crippen LogP contribution in [-0.2, 0) is 14.6 Å². The molecular formula is C12H16N2O6S. The molecule has 0 radical (unpaired) electrons. The highest BCUT2D eigenvalue weighted by molar-refractivity contribution is 7.90. The van der Waals surface area contributed by atoms with Crippen LogP contribution in [0.25, 0.3) is 0 Å². The van der Waals surface area contributed by atoms with Crippen LogP contribution in [0.2, 0.25) is 0 Å². The Labute approximate surface area is 122 Å². The van der Waals surface area contributed by atoms with Crippen LogP contribution in [0, 0.1) is 10.1 Å². The second-order valence-corrected chi connectivity index (χ2v) is 7.12. The number of carboxylic acids is 1. The molecule has 0 atom stereocenters. The Hall–Kier alpha value is -2.16. The van der Waals surface area contributed by atoms with Crippen molar-refractivity contribution in [3.63, 3.8) is 0 Å². The zero-order chi connectivity index (χ0) is 16.6. The lowest BCUT2D eigenvalue weighted by Gasteiger charge is -2.33. The minimum atomic E-state index is -3.59. The van der Waals surface area contributed by atoms with E-state index in [9.17, 15) is 28.4 Å². The molecule has 1 aromatic rings. The summed E-state index contributed by atoms with van der Waals surface area (Å²) >= 11 is 0. The average Bonchev–Trinajstić information content (AvgIpc) is 2.35. The number of benzene rings is 1. The van der Waals surface area contributed by atoms with Crippen LogP contribution < -0.4 is 4.90 Å². The van der Waals surface area contributed by atoms with Crippen LogP contribution in [0.5, 0.6) is 0 Å². The zero-order valence-electron chi connectivity index (χ0n) is 12.0. The number of rotatable bonds is 5. The SMILES string of the molecule is CN(c1ccc(S(C)(=O)=O)cc1[N+](=O)[O-])C(C)(C)C(=O)O. The quantitative estimate of drug-likeness (QED) is 0.642. The smallest absolute Gasteiger partial charge is 0.328 e. The molecule has 0 fully saturated rings. The van der Waals surface area contributed by atoms with Crippen molar-refractivity contribution in [2.24, 2.45) is 0 Å². The molecule has 0 aliphatic rings. The number of nitro benzene ring substituents is 1. The third-order valence-electron chi connectivity index (χ3n) is 3.29. The molecule has 9 heteroatoms. The Balaban J connectivity index is 3.51. The van der Waals surface area contributed by atoms with Crippen LogP contribution >= 0.6 is 0 Å². The summed E-state index contributed by atoms with van der Waals surface area (Å²) in [7, 11) is -2.19. The van der Waals surface area contributed by atoms with Crippen LogP contribution in [0.3, 0.4) is 0 Å². The predicted octanol–water partition coefficient (Wildman–Crippen LogP) is 1.30. The number of sulfone groups is 1. The molecule has 1 rings (SSSR count). The Kier molecular flexibility index (Phi) is 4.28. The zero-order valence-corrected chi connectivity index (χ0v) is 12.8. The molecule has 0 aromatic heterocycles. The van der Waals surface area contributed by atoms with E-state index in [4.69, 9.17) is 0 Å². The van der Waals surface area contributed by atoms with Crippen molar-refractivity contribution < 1.29 is 23.2 Å². The molecule has 1 N–H and O–H groups in total. The van der Waals surface area contributed by atoms with Gasteiger partial charge in [-0.05, 0) is 26.0 Å². The monoisotopic (exact) mass is 316 g/mol. The van der Waals surface area contributed by atoms with Crippen molar-refractivity contribution in [1.29, 1.82) is 0 Å². The van der Waals surface area contributed by atoms with E-state index in [2.05, 4.69) is 0 Å². The normalized spacial score (nSPS) is 12.0. The molecule has 0 aliphatic carbocycles. The lowest BCUT2D eigenvalue weighted by Crippen LogP contribution is -2.48. The highest BCUT2D eigenvalue weighted by Crippen LogP contribution is 2.33. The van der Waals surface area contributed by atoms with E-state index in [1.807, 2.05) is 0 Å². The van der Waals surface area contributed by atoms with Crippen LogP contribution in [-0.4, -0.2) is 43.3 Å². The number of anilines is 1. The minimum Gasteiger partial charge on any atom is -0.480 e. The predicted molar refractivity (Wildman–Crippen MR) is 76.3 cm³/mol. The molecule has 21 heavy (non-hydrogen) atoms. The summed E-state index contributed by atoms with van der Waals surface area (Å²) in [4.78, 5) is 22.7. The summed E-state index contributed by atoms with van der Waals surface area (Å²) in [6, 6.07) is 3.38. The Morgan fingerprint density at radius 3 is 2.29 bits per heavy atom. The third kappa shape index (κ3) is 3.30. The lowest BCUT2D eigenvalue weighted by molar-refractivity contribution is -0.384. The Morgan fingerprint density at radius 1 is 1.38 bits per heavy atom. The highest BCUT2D eigenvalue weighted by Gasteiger charge is 2.35. The molecule has 0 spiro atoms. The van der Waals surface area contributed by atoms with Gasteiger partial charge in [0.15, 0.2) is 9.84 Å². The molecule has 0 heterocycles. The summed E-state index contributed by atoms with van der Waals surface area (Å²) in [6.07, 6.45) is 0.941. The molecule has 1 aromatic carbocycles. The minimum absolute atomic E-state index is 0.0276. The lowest BCUT2D eigenvalue weighted by atomic mass is 10.0. The number of aliphatic carboxylic acids is 1. The fraction of sp³-hybridized carbons (Fsp3) is 0.417. The molecule has 0 aliphatic heterocycles. The summed E-state index contributed by atoms with van der Waals surface area (Å²) in [5.41, 5.74) is -1.83. The van der Waals surface area contributed by atoms with Crippen molar-refractivity contribution in [2.45, 2.75) is 24.3 Å². The average molecular weight is 316 g/mol. The maximum absolute atomic E-state index is 11.5. The molecule has 0 amide bonds. The van der Waals surface area contributed by atoms with Crippen molar-refractivity contribution in [2.75, 3.05) is 18.2 Å². The molecule has 8 nitrogen and oxygen atoms in total. The van der Waals surface area contributed by atoms with Gasteiger partial charge in [-0.1, -0.05) is 0 Å². The van der Waals surface area contributed by atoms with Gasteiger partial charge in [0.05, 0.1) is 9.82 Å². The largest absolute Gasteiger partial charge is 0.480 e. The van der Waals surface area contributed by atoms with Gasteiger partial charge in [0.2, 0.25) is 0 Å². The van der Waals surface area contributed by atoms with Gasteiger partial charge in [-0.2, -0.15) is 0 Å². The van der Waals surface area contributed by atoms with E-state index in [1.54, 1.807) is 0 Å². The number of hydrogen-bond acceptors (Lipinski definition) is 6. The number of nitro groups is 1. The van der Waals surface area contributed by atoms with E-state index in [-0.39, 0.29) is 10.6 Å². The number of carboxylic acid groups (broad SMARTS) is 1. The van der Waals surface area contributed by atoms with E-state index in [1.165, 1.54) is 37.9 Å². The van der Waals surface area contributed by atoms with Gasteiger partial charge in [0, 0.05) is 19.4 Å². The van der Waals surface area contributed by atoms with E-state index >= 15 is 0 Å². The standard InChI is InChI=1S/C12H16N2O6S/c1-12(2,11(15)16)13(3)9-6-5-8(21(4,19)20)7-10(9)14(17)18/h5-7H,1-4H3,(H,15,16). The molecule has 0 saturated heterocycles. The highest BCUT2D eigenvalue weighted by atomic mass is 32.2. The van der Waals surface area contributed by atoms with E-state index < -0.39 is 32.0 Å². The Bertz CT molecular complexity index is 696. The van der Waals surface area contributed by atoms with Gasteiger partial charge in [-0.25, -0.2) is 13.2 Å². The maximum Gasteiger partial charge on any atom is 0.328 e. The van der Waals surface area contributed by atoms with Crippen molar-refractivity contribution in [3.05, 3.63) is 28.3 Å². The van der Waals surface area contributed by atoms with Crippen molar-refractivity contribution in [3.8, 4) is 0 Å². The number of carbonyl (C=O) groups is 1. The van der Waals surface area contributed by atoms with Gasteiger partial charge in [-0.15, -0.1) is 0 Å². The Morgan fingerprint density at radius 2 is 1.90 bits per heavy atom. The third-order valence-corrected chi connectivity index (χ3v) is 4.41. The second kappa shape index (κ2) is 5.32. The maximum atomic E-state index is 11.5. The summed E-state index contributed by atoms with van der Waals surface area (Å²) < 4.78 is 22.9. The number of likely N-dealkylation sites (N-methyl/N-ethyl adjacent to an activating group) is 1. The van der Waals surface area contributed by atoms with Gasteiger partial charge in [0.25, 0.3) is 5.69 Å². The fourth-order valence-electron chi connectivity index (χ4n) is 1.61. The van der Waals surface area contributed by atoms with Gasteiger partial charge < -0.3 is 10.0 Å². The van der Waals surface area contributed by atoms with E-state index in [0.29, 0.717) is 0 Å². The number of hydrogen-bond donors (Lipinski definition) is 1. The molecule has 0 saturated carbocycles. The molecule has 0 bridgehead atoms. The van der Waals surface area contributed by atoms with Gasteiger partial charge in [-0.3, -0.25) is 10.1 Å². The first-order valence-electron chi connectivity index (χ1n) is 5.84. The summed E-state index contributed by atoms with van der Waals surface area (Å²) in [6.45, 7) is 2.78. The first kappa shape index (κ1) is 16.9. The van der Waals surface area contributed by atoms with Crippen molar-refractivity contribution in [1.82, 2.24) is 0 Å². The van der Waals surface area contributed by atoms with Gasteiger partial charge >= 0.3 is 5.97 Å². The molecule has 0 unspecified atom stereocenters. The first-order valence-corrected chi connectivity index (χ1v) is 7.74. The van der Waals surface area contributed by atoms with Crippen LogP contribution in [0.1, 0.15) is 13.8 Å². The summed E-state index contributed by atoms with van der Waals surface area (Å²) in [5, 5.41) is 20.3. The van der Waals surface area contributed by atoms with Crippen LogP contribution in [0.15, 0.2) is 23.1 Å². The van der Waals surface area contributed by atoms with Crippen LogP contribution in [0.4, 0.5) is 11.4 Å². The fourth-order valence-corrected chi connectivity index (χ4v) is 2.25. The van der Waals surface area contributed by atoms with Gasteiger partial charge in [0.1, 0.15) is 11.2 Å². The first-order chi connectivity index (χ1) is 9.39. The topological polar surface area (TPSA) is 118 Å². The number of nitrogens with zero attached hydrogens (tertiary/aromatic N) is 2. The van der Waals surface area contributed by atoms with E-state index in [0.717, 1.165) is 12.3 Å². The van der Waals surface area contributed by atoms with Crippen molar-refractivity contribution >= 4 is 27.2 Å². The summed E-state index contributed by atoms with van der Waals surface area (Å²) in [5.74, 6) is -1.16.